The van der Waals surface area contributed by atoms with Crippen molar-refractivity contribution in [2.24, 2.45) is 0 Å². The van der Waals surface area contributed by atoms with Crippen molar-refractivity contribution in [2.75, 3.05) is 59.2 Å². The number of hydrogen-bond donors (Lipinski definition) is 1. The van der Waals surface area contributed by atoms with E-state index in [4.69, 9.17) is 4.74 Å². The molecule has 1 N–H and O–H groups in total. The van der Waals surface area contributed by atoms with E-state index in [2.05, 4.69) is 10.2 Å². The number of amides is 1. The first kappa shape index (κ1) is 25.1. The molecule has 2 aromatic rings. The van der Waals surface area contributed by atoms with E-state index in [1.807, 2.05) is 7.05 Å². The number of benzene rings is 2. The molecule has 0 aliphatic carbocycles. The predicted molar refractivity (Wildman–Crippen MR) is 124 cm³/mol. The Hall–Kier alpha value is -2.51. The minimum absolute atomic E-state index is 0.121. The summed E-state index contributed by atoms with van der Waals surface area (Å²) in [6, 6.07) is 11.7. The van der Waals surface area contributed by atoms with Crippen molar-refractivity contribution in [3.8, 4) is 5.75 Å². The number of nitrogens with zero attached hydrogens (tertiary/aromatic N) is 3. The van der Waals surface area contributed by atoms with Gasteiger partial charge in [-0.05, 0) is 55.6 Å². The Morgan fingerprint density at radius 2 is 1.45 bits per heavy atom. The highest BCUT2D eigenvalue weighted by atomic mass is 32.2. The minimum Gasteiger partial charge on any atom is -0.484 e. The van der Waals surface area contributed by atoms with Gasteiger partial charge in [0.05, 0.1) is 9.79 Å². The lowest BCUT2D eigenvalue weighted by Crippen LogP contribution is -2.46. The number of likely N-dealkylation sites (N-methyl/N-ethyl adjacent to an activating group) is 1. The number of sulfonamides is 2. The van der Waals surface area contributed by atoms with E-state index in [0.717, 1.165) is 4.31 Å². The number of carbonyl (C=O) groups excluding carboxylic acids is 1. The Morgan fingerprint density at radius 3 is 2.00 bits per heavy atom. The molecule has 33 heavy (non-hydrogen) atoms. The fourth-order valence-corrected chi connectivity index (χ4v) is 5.48. The van der Waals surface area contributed by atoms with Gasteiger partial charge in [-0.2, -0.15) is 4.31 Å². The quantitative estimate of drug-likeness (QED) is 0.577. The number of carbonyl (C=O) groups is 1. The van der Waals surface area contributed by atoms with Crippen LogP contribution in [-0.4, -0.2) is 90.2 Å². The molecule has 0 saturated carbocycles. The lowest BCUT2D eigenvalue weighted by molar-refractivity contribution is -0.118. The summed E-state index contributed by atoms with van der Waals surface area (Å²) in [7, 11) is -2.27. The highest BCUT2D eigenvalue weighted by Crippen LogP contribution is 2.20. The first-order valence-electron chi connectivity index (χ1n) is 10.2. The third kappa shape index (κ3) is 6.09. The van der Waals surface area contributed by atoms with Gasteiger partial charge in [-0.1, -0.05) is 0 Å². The smallest absolute Gasteiger partial charge is 0.262 e. The fourth-order valence-electron chi connectivity index (χ4n) is 3.15. The molecule has 1 heterocycles. The fraction of sp³-hybridized carbons (Fsp3) is 0.381. The first-order valence-corrected chi connectivity index (χ1v) is 13.1. The van der Waals surface area contributed by atoms with Gasteiger partial charge in [-0.3, -0.25) is 4.79 Å². The van der Waals surface area contributed by atoms with E-state index in [1.54, 1.807) is 0 Å². The van der Waals surface area contributed by atoms with Gasteiger partial charge in [-0.25, -0.2) is 21.1 Å². The number of hydrogen-bond acceptors (Lipinski definition) is 7. The number of nitrogens with one attached hydrogen (secondary N) is 1. The molecule has 180 valence electrons. The number of piperazine rings is 1. The van der Waals surface area contributed by atoms with Crippen molar-refractivity contribution in [1.29, 1.82) is 0 Å². The maximum Gasteiger partial charge on any atom is 0.262 e. The third-order valence-electron chi connectivity index (χ3n) is 5.21. The van der Waals surface area contributed by atoms with Crippen molar-refractivity contribution in [1.82, 2.24) is 13.5 Å². The Kier molecular flexibility index (Phi) is 7.75. The summed E-state index contributed by atoms with van der Waals surface area (Å²) < 4.78 is 57.7. The van der Waals surface area contributed by atoms with Crippen molar-refractivity contribution in [3.63, 3.8) is 0 Å². The summed E-state index contributed by atoms with van der Waals surface area (Å²) in [5, 5.41) is 2.65. The molecule has 0 aromatic heterocycles. The van der Waals surface area contributed by atoms with E-state index in [0.29, 0.717) is 37.6 Å². The molecule has 0 bridgehead atoms. The summed E-state index contributed by atoms with van der Waals surface area (Å²) in [4.78, 5) is 14.6. The zero-order valence-corrected chi connectivity index (χ0v) is 20.4. The monoisotopic (exact) mass is 496 g/mol. The molecule has 3 rings (SSSR count). The first-order chi connectivity index (χ1) is 15.5. The number of rotatable bonds is 8. The van der Waals surface area contributed by atoms with Crippen LogP contribution in [0.15, 0.2) is 58.3 Å². The topological polar surface area (TPSA) is 116 Å². The average molecular weight is 497 g/mol. The van der Waals surface area contributed by atoms with Crippen LogP contribution in [0, 0.1) is 0 Å². The van der Waals surface area contributed by atoms with Gasteiger partial charge in [0.1, 0.15) is 5.75 Å². The van der Waals surface area contributed by atoms with Crippen molar-refractivity contribution in [3.05, 3.63) is 48.5 Å². The summed E-state index contributed by atoms with van der Waals surface area (Å²) in [5.41, 5.74) is 0.438. The zero-order chi connectivity index (χ0) is 24.2. The lowest BCUT2D eigenvalue weighted by atomic mass is 10.3. The zero-order valence-electron chi connectivity index (χ0n) is 18.8. The molecule has 12 heteroatoms. The minimum atomic E-state index is -3.57. The van der Waals surface area contributed by atoms with E-state index in [1.165, 1.54) is 66.9 Å². The van der Waals surface area contributed by atoms with E-state index < -0.39 is 26.0 Å². The third-order valence-corrected chi connectivity index (χ3v) is 8.95. The van der Waals surface area contributed by atoms with Gasteiger partial charge in [-0.15, -0.1) is 0 Å². The molecule has 0 unspecified atom stereocenters. The molecule has 0 spiro atoms. The van der Waals surface area contributed by atoms with Crippen LogP contribution in [0.4, 0.5) is 5.69 Å². The van der Waals surface area contributed by atoms with Crippen LogP contribution in [0.5, 0.6) is 5.75 Å². The maximum absolute atomic E-state index is 12.8. The highest BCUT2D eigenvalue weighted by Gasteiger charge is 2.27. The van der Waals surface area contributed by atoms with Crippen LogP contribution in [0.2, 0.25) is 0 Å². The summed E-state index contributed by atoms with van der Waals surface area (Å²) >= 11 is 0. The summed E-state index contributed by atoms with van der Waals surface area (Å²) in [6.07, 6.45) is 0. The molecule has 1 saturated heterocycles. The SMILES string of the molecule is CN1CCN(S(=O)(=O)c2ccc(NC(=O)COc3ccc(S(=O)(=O)N(C)C)cc3)cc2)CC1. The van der Waals surface area contributed by atoms with Gasteiger partial charge >= 0.3 is 0 Å². The van der Waals surface area contributed by atoms with Crippen molar-refractivity contribution < 1.29 is 26.4 Å². The molecule has 2 aromatic carbocycles. The van der Waals surface area contributed by atoms with Crippen LogP contribution >= 0.6 is 0 Å². The highest BCUT2D eigenvalue weighted by molar-refractivity contribution is 7.89. The maximum atomic E-state index is 12.8. The molecule has 1 fully saturated rings. The van der Waals surface area contributed by atoms with Gasteiger partial charge in [0.2, 0.25) is 20.0 Å². The molecular weight excluding hydrogens is 468 g/mol. The van der Waals surface area contributed by atoms with Crippen molar-refractivity contribution >= 4 is 31.6 Å². The summed E-state index contributed by atoms with van der Waals surface area (Å²) in [6.45, 7) is 1.96. The average Bonchev–Trinajstić information content (AvgIpc) is 2.78. The molecular formula is C21H28N4O6S2. The Labute approximate surface area is 194 Å². The van der Waals surface area contributed by atoms with Crippen LogP contribution in [0.3, 0.4) is 0 Å². The van der Waals surface area contributed by atoms with Crippen LogP contribution in [-0.2, 0) is 24.8 Å². The largest absolute Gasteiger partial charge is 0.484 e. The number of ether oxygens (including phenoxy) is 1. The van der Waals surface area contributed by atoms with Crippen LogP contribution in [0.1, 0.15) is 0 Å². The molecule has 1 amide bonds. The van der Waals surface area contributed by atoms with Gasteiger partial charge in [0, 0.05) is 46.0 Å². The Balaban J connectivity index is 1.55. The van der Waals surface area contributed by atoms with Gasteiger partial charge < -0.3 is 15.0 Å². The lowest BCUT2D eigenvalue weighted by Gasteiger charge is -2.31. The standard InChI is InChI=1S/C21H28N4O6S2/c1-23(2)32(27,28)19-10-6-18(7-11-19)31-16-21(26)22-17-4-8-20(9-5-17)33(29,30)25-14-12-24(3)13-15-25/h4-11H,12-16H2,1-3H3,(H,22,26). The van der Waals surface area contributed by atoms with Crippen molar-refractivity contribution in [2.45, 2.75) is 9.79 Å². The van der Waals surface area contributed by atoms with Gasteiger partial charge in [0.15, 0.2) is 6.61 Å². The molecule has 0 radical (unpaired) electrons. The second kappa shape index (κ2) is 10.2. The predicted octanol–water partition coefficient (Wildman–Crippen LogP) is 0.891. The molecule has 1 aliphatic rings. The van der Waals surface area contributed by atoms with Crippen LogP contribution in [0.25, 0.3) is 0 Å². The van der Waals surface area contributed by atoms with E-state index in [9.17, 15) is 21.6 Å². The Bertz CT molecular complexity index is 1170. The number of anilines is 1. The van der Waals surface area contributed by atoms with Gasteiger partial charge in [0.25, 0.3) is 5.91 Å². The second-order valence-electron chi connectivity index (χ2n) is 7.83. The van der Waals surface area contributed by atoms with E-state index >= 15 is 0 Å². The molecule has 1 aliphatic heterocycles. The van der Waals surface area contributed by atoms with E-state index in [-0.39, 0.29) is 16.4 Å². The van der Waals surface area contributed by atoms with Crippen LogP contribution < -0.4 is 10.1 Å². The molecule has 0 atom stereocenters. The summed E-state index contributed by atoms with van der Waals surface area (Å²) in [5.74, 6) is -0.0915. The normalized spacial score (nSPS) is 16.0. The Morgan fingerprint density at radius 1 is 0.909 bits per heavy atom. The molecule has 10 nitrogen and oxygen atoms in total. The second-order valence-corrected chi connectivity index (χ2v) is 11.9.